The molecule has 0 saturated heterocycles. The van der Waals surface area contributed by atoms with Gasteiger partial charge in [-0.25, -0.2) is 0 Å². The van der Waals surface area contributed by atoms with E-state index in [9.17, 15) is 0 Å². The average molecular weight is 384 g/mol. The van der Waals surface area contributed by atoms with E-state index >= 15 is 0 Å². The standard InChI is InChI=1S/C23H33NSSi/c1-14-12-17-18(13-15(14)2)22(26(6,7)24-23(3,4)5)21-20(17)16-10-8-9-11-19(16)25-21/h8-13,17-18,20-22,24H,1-7H3/t17?,18-,20?,21+,22?/m1/s1. The summed E-state index contributed by atoms with van der Waals surface area (Å²) in [6.07, 6.45) is 5.24. The summed E-state index contributed by atoms with van der Waals surface area (Å²) in [6, 6.07) is 9.19. The fourth-order valence-electron chi connectivity index (χ4n) is 5.89. The number of hydrogen-bond donors (Lipinski definition) is 1. The van der Waals surface area contributed by atoms with E-state index in [0.29, 0.717) is 23.0 Å². The van der Waals surface area contributed by atoms with Crippen molar-refractivity contribution in [3.05, 3.63) is 53.1 Å². The predicted molar refractivity (Wildman–Crippen MR) is 117 cm³/mol. The van der Waals surface area contributed by atoms with Crippen molar-refractivity contribution in [3.8, 4) is 0 Å². The van der Waals surface area contributed by atoms with Gasteiger partial charge in [0, 0.05) is 21.6 Å². The molecule has 3 unspecified atom stereocenters. The van der Waals surface area contributed by atoms with Crippen molar-refractivity contribution in [1.29, 1.82) is 0 Å². The Hall–Kier alpha value is -0.773. The number of thioether (sulfide) groups is 1. The summed E-state index contributed by atoms with van der Waals surface area (Å²) in [5.74, 6) is 2.03. The lowest BCUT2D eigenvalue weighted by Crippen LogP contribution is -2.59. The van der Waals surface area contributed by atoms with Crippen LogP contribution in [0.15, 0.2) is 52.5 Å². The first-order valence-corrected chi connectivity index (χ1v) is 14.0. The van der Waals surface area contributed by atoms with Gasteiger partial charge < -0.3 is 4.98 Å². The molecule has 0 bridgehead atoms. The smallest absolute Gasteiger partial charge is 0.124 e. The zero-order valence-electron chi connectivity index (χ0n) is 17.3. The van der Waals surface area contributed by atoms with Crippen LogP contribution in [-0.2, 0) is 0 Å². The van der Waals surface area contributed by atoms with Crippen molar-refractivity contribution >= 4 is 20.0 Å². The molecule has 2 aliphatic carbocycles. The van der Waals surface area contributed by atoms with E-state index in [-0.39, 0.29) is 5.54 Å². The maximum absolute atomic E-state index is 4.11. The summed E-state index contributed by atoms with van der Waals surface area (Å²) < 4.78 is 0. The summed E-state index contributed by atoms with van der Waals surface area (Å²) in [6.45, 7) is 16.7. The third-order valence-corrected chi connectivity index (χ3v) is 12.1. The number of fused-ring (bicyclic) bond motifs is 5. The van der Waals surface area contributed by atoms with E-state index in [1.165, 1.54) is 16.0 Å². The van der Waals surface area contributed by atoms with Gasteiger partial charge in [0.05, 0.1) is 0 Å². The highest BCUT2D eigenvalue weighted by Crippen LogP contribution is 2.66. The van der Waals surface area contributed by atoms with Crippen molar-refractivity contribution in [2.45, 2.75) is 74.9 Å². The van der Waals surface area contributed by atoms with Gasteiger partial charge in [-0.05, 0) is 63.6 Å². The first-order valence-electron chi connectivity index (χ1n) is 10.0. The normalized spacial score (nSPS) is 33.3. The van der Waals surface area contributed by atoms with Gasteiger partial charge >= 0.3 is 0 Å². The Balaban J connectivity index is 1.80. The SMILES string of the molecule is CC1=CC2C3c4ccccc4S[C@@H]3C([Si](C)(C)NC(C)(C)C)[C@@H]2C=C1C. The van der Waals surface area contributed by atoms with Crippen LogP contribution in [0.3, 0.4) is 0 Å². The molecule has 3 aliphatic rings. The molecule has 140 valence electrons. The van der Waals surface area contributed by atoms with Crippen molar-refractivity contribution in [2.24, 2.45) is 11.8 Å². The van der Waals surface area contributed by atoms with Gasteiger partial charge in [0.25, 0.3) is 0 Å². The van der Waals surface area contributed by atoms with Crippen molar-refractivity contribution < 1.29 is 0 Å². The molecule has 3 heteroatoms. The van der Waals surface area contributed by atoms with Gasteiger partial charge in [-0.15, -0.1) is 11.8 Å². The highest BCUT2D eigenvalue weighted by molar-refractivity contribution is 8.00. The minimum absolute atomic E-state index is 0.179. The van der Waals surface area contributed by atoms with Crippen LogP contribution in [0.25, 0.3) is 0 Å². The number of allylic oxidation sites excluding steroid dienone is 4. The van der Waals surface area contributed by atoms with Crippen LogP contribution in [0.2, 0.25) is 18.6 Å². The molecule has 4 rings (SSSR count). The van der Waals surface area contributed by atoms with Crippen LogP contribution in [0, 0.1) is 11.8 Å². The summed E-state index contributed by atoms with van der Waals surface area (Å²) in [5.41, 5.74) is 5.53. The van der Waals surface area contributed by atoms with E-state index in [1.807, 2.05) is 0 Å². The largest absolute Gasteiger partial charge is 0.332 e. The fraction of sp³-hybridized carbons (Fsp3) is 0.565. The lowest BCUT2D eigenvalue weighted by atomic mass is 9.79. The Kier molecular flexibility index (Phi) is 4.37. The Bertz CT molecular complexity index is 786. The summed E-state index contributed by atoms with van der Waals surface area (Å²) >= 11 is 2.17. The number of nitrogens with one attached hydrogen (secondary N) is 1. The third kappa shape index (κ3) is 2.96. The molecule has 0 amide bonds. The molecule has 1 fully saturated rings. The van der Waals surface area contributed by atoms with Crippen molar-refractivity contribution in [3.63, 3.8) is 0 Å². The van der Waals surface area contributed by atoms with Gasteiger partial charge in [0.1, 0.15) is 8.24 Å². The monoisotopic (exact) mass is 383 g/mol. The second-order valence-corrected chi connectivity index (χ2v) is 15.7. The second-order valence-electron chi connectivity index (χ2n) is 10.1. The molecule has 26 heavy (non-hydrogen) atoms. The maximum atomic E-state index is 4.11. The zero-order chi connectivity index (χ0) is 18.9. The van der Waals surface area contributed by atoms with Gasteiger partial charge in [-0.2, -0.15) is 0 Å². The molecule has 1 aromatic rings. The number of rotatable bonds is 2. The van der Waals surface area contributed by atoms with Crippen LogP contribution in [-0.4, -0.2) is 19.0 Å². The van der Waals surface area contributed by atoms with Crippen LogP contribution < -0.4 is 4.98 Å². The van der Waals surface area contributed by atoms with E-state index < -0.39 is 8.24 Å². The van der Waals surface area contributed by atoms with Gasteiger partial charge in [0.15, 0.2) is 0 Å². The third-order valence-electron chi connectivity index (χ3n) is 6.56. The lowest BCUT2D eigenvalue weighted by Gasteiger charge is -2.42. The molecule has 1 saturated carbocycles. The molecule has 1 heterocycles. The molecule has 1 nitrogen and oxygen atoms in total. The zero-order valence-corrected chi connectivity index (χ0v) is 19.1. The van der Waals surface area contributed by atoms with E-state index in [1.54, 1.807) is 5.56 Å². The van der Waals surface area contributed by atoms with E-state index in [0.717, 1.165) is 5.54 Å². The lowest BCUT2D eigenvalue weighted by molar-refractivity contribution is 0.477. The van der Waals surface area contributed by atoms with E-state index in [2.05, 4.69) is 101 Å². The molecule has 5 atom stereocenters. The molecule has 0 aromatic heterocycles. The highest BCUT2D eigenvalue weighted by atomic mass is 32.2. The molecule has 0 radical (unpaired) electrons. The highest BCUT2D eigenvalue weighted by Gasteiger charge is 2.59. The Morgan fingerprint density at radius 2 is 1.58 bits per heavy atom. The second kappa shape index (κ2) is 6.12. The van der Waals surface area contributed by atoms with E-state index in [4.69, 9.17) is 0 Å². The van der Waals surface area contributed by atoms with Gasteiger partial charge in [-0.1, -0.05) is 54.6 Å². The summed E-state index contributed by atoms with van der Waals surface area (Å²) in [7, 11) is -1.64. The molecular weight excluding hydrogens is 350 g/mol. The molecule has 0 spiro atoms. The van der Waals surface area contributed by atoms with Crippen LogP contribution >= 0.6 is 11.8 Å². The topological polar surface area (TPSA) is 12.0 Å². The van der Waals surface area contributed by atoms with Gasteiger partial charge in [-0.3, -0.25) is 0 Å². The minimum atomic E-state index is -1.64. The maximum Gasteiger partial charge on any atom is 0.124 e. The van der Waals surface area contributed by atoms with Crippen LogP contribution in [0.4, 0.5) is 0 Å². The fourth-order valence-corrected chi connectivity index (χ4v) is 13.1. The predicted octanol–water partition coefficient (Wildman–Crippen LogP) is 6.36. The molecule has 1 N–H and O–H groups in total. The Morgan fingerprint density at radius 3 is 2.23 bits per heavy atom. The van der Waals surface area contributed by atoms with Crippen molar-refractivity contribution in [2.75, 3.05) is 0 Å². The quantitative estimate of drug-likeness (QED) is 0.596. The molecular formula is C23H33NSSi. The summed E-state index contributed by atoms with van der Waals surface area (Å²) in [4.78, 5) is 5.64. The Morgan fingerprint density at radius 1 is 0.962 bits per heavy atom. The minimum Gasteiger partial charge on any atom is -0.332 e. The number of hydrogen-bond acceptors (Lipinski definition) is 2. The summed E-state index contributed by atoms with van der Waals surface area (Å²) in [5, 5.41) is 0.713. The molecule has 1 aliphatic heterocycles. The average Bonchev–Trinajstić information content (AvgIpc) is 3.00. The molecule has 1 aromatic carbocycles. The van der Waals surface area contributed by atoms with Crippen LogP contribution in [0.1, 0.15) is 46.1 Å². The Labute approximate surface area is 164 Å². The number of benzene rings is 1. The first-order chi connectivity index (χ1) is 12.1. The van der Waals surface area contributed by atoms with Crippen molar-refractivity contribution in [1.82, 2.24) is 4.98 Å². The van der Waals surface area contributed by atoms with Crippen LogP contribution in [0.5, 0.6) is 0 Å². The van der Waals surface area contributed by atoms with Gasteiger partial charge in [0.2, 0.25) is 0 Å². The first kappa shape index (κ1) is 18.6.